The largest absolute Gasteiger partial charge is 0.370 e. The zero-order valence-electron chi connectivity index (χ0n) is 10.7. The molecule has 0 spiro atoms. The predicted molar refractivity (Wildman–Crippen MR) is 66.0 cm³/mol. The second kappa shape index (κ2) is 7.12. The lowest BCUT2D eigenvalue weighted by atomic mass is 9.98. The number of ether oxygens (including phenoxy) is 2. The highest BCUT2D eigenvalue weighted by Crippen LogP contribution is 2.21. The molecule has 0 amide bonds. The number of Topliss-reactive ketones (excluding diaryl/α,β-unsaturated/α-hetero) is 1. The highest BCUT2D eigenvalue weighted by Gasteiger charge is 2.18. The Labute approximate surface area is 104 Å². The van der Waals surface area contributed by atoms with Gasteiger partial charge in [0.1, 0.15) is 13.2 Å². The number of carbonyl (C=O) groups excluding carboxylic acids is 1. The Morgan fingerprint density at radius 1 is 0.765 bits per heavy atom. The van der Waals surface area contributed by atoms with Crippen LogP contribution in [0.4, 0.5) is 0 Å². The first-order valence-electron chi connectivity index (χ1n) is 7.09. The van der Waals surface area contributed by atoms with E-state index in [4.69, 9.17) is 9.47 Å². The summed E-state index contributed by atoms with van der Waals surface area (Å²) in [5, 5.41) is 0. The molecule has 0 aromatic rings. The highest BCUT2D eigenvalue weighted by molar-refractivity contribution is 5.80. The number of hydrogen-bond donors (Lipinski definition) is 0. The second-order valence-corrected chi connectivity index (χ2v) is 5.33. The van der Waals surface area contributed by atoms with Gasteiger partial charge in [-0.05, 0) is 25.7 Å². The van der Waals surface area contributed by atoms with Crippen LogP contribution in [0.25, 0.3) is 0 Å². The van der Waals surface area contributed by atoms with Crippen LogP contribution >= 0.6 is 0 Å². The van der Waals surface area contributed by atoms with Crippen LogP contribution in [0.1, 0.15) is 57.8 Å². The normalized spacial score (nSPS) is 23.1. The Morgan fingerprint density at radius 3 is 1.65 bits per heavy atom. The average Bonchev–Trinajstić information content (AvgIpc) is 2.88. The maximum absolute atomic E-state index is 11.6. The minimum Gasteiger partial charge on any atom is -0.370 e. The predicted octanol–water partition coefficient (Wildman–Crippen LogP) is 2.86. The van der Waals surface area contributed by atoms with Gasteiger partial charge in [0.25, 0.3) is 0 Å². The van der Waals surface area contributed by atoms with Gasteiger partial charge >= 0.3 is 0 Å². The van der Waals surface area contributed by atoms with Crippen molar-refractivity contribution in [1.29, 1.82) is 0 Å². The Morgan fingerprint density at radius 2 is 1.18 bits per heavy atom. The smallest absolute Gasteiger partial charge is 0.184 e. The van der Waals surface area contributed by atoms with Gasteiger partial charge in [-0.15, -0.1) is 0 Å². The maximum Gasteiger partial charge on any atom is 0.184 e. The average molecular weight is 240 g/mol. The number of hydrogen-bond acceptors (Lipinski definition) is 3. The molecule has 0 heterocycles. The number of rotatable bonds is 6. The van der Waals surface area contributed by atoms with E-state index >= 15 is 0 Å². The van der Waals surface area contributed by atoms with Crippen LogP contribution < -0.4 is 0 Å². The van der Waals surface area contributed by atoms with Crippen molar-refractivity contribution < 1.29 is 14.3 Å². The minimum atomic E-state index is 0.0995. The van der Waals surface area contributed by atoms with Crippen molar-refractivity contribution in [3.63, 3.8) is 0 Å². The van der Waals surface area contributed by atoms with Crippen LogP contribution in [-0.4, -0.2) is 31.2 Å². The summed E-state index contributed by atoms with van der Waals surface area (Å²) in [4.78, 5) is 11.6. The van der Waals surface area contributed by atoms with Crippen molar-refractivity contribution >= 4 is 5.78 Å². The van der Waals surface area contributed by atoms with Crippen LogP contribution in [0.2, 0.25) is 0 Å². The summed E-state index contributed by atoms with van der Waals surface area (Å²) in [7, 11) is 0. The molecule has 98 valence electrons. The minimum absolute atomic E-state index is 0.0995. The molecule has 2 rings (SSSR count). The third-order valence-electron chi connectivity index (χ3n) is 3.81. The van der Waals surface area contributed by atoms with E-state index in [1.165, 1.54) is 32.1 Å². The fourth-order valence-corrected chi connectivity index (χ4v) is 2.75. The van der Waals surface area contributed by atoms with Crippen LogP contribution in [0.5, 0.6) is 0 Å². The van der Waals surface area contributed by atoms with Crippen molar-refractivity contribution in [2.45, 2.75) is 70.0 Å². The lowest BCUT2D eigenvalue weighted by Gasteiger charge is -2.21. The van der Waals surface area contributed by atoms with Crippen molar-refractivity contribution in [1.82, 2.24) is 0 Å². The van der Waals surface area contributed by atoms with Crippen LogP contribution in [0.15, 0.2) is 0 Å². The number of carbonyl (C=O) groups is 1. The fraction of sp³-hybridized carbons (Fsp3) is 0.929. The van der Waals surface area contributed by atoms with E-state index in [-0.39, 0.29) is 19.0 Å². The third-order valence-corrected chi connectivity index (χ3v) is 3.81. The van der Waals surface area contributed by atoms with Gasteiger partial charge in [-0.25, -0.2) is 0 Å². The first-order valence-corrected chi connectivity index (χ1v) is 7.09. The molecule has 0 aliphatic heterocycles. The van der Waals surface area contributed by atoms with Crippen molar-refractivity contribution in [3.05, 3.63) is 0 Å². The van der Waals surface area contributed by atoms with Crippen LogP contribution in [0, 0.1) is 0 Å². The van der Waals surface area contributed by atoms with Crippen LogP contribution in [-0.2, 0) is 14.3 Å². The first kappa shape index (κ1) is 13.0. The summed E-state index contributed by atoms with van der Waals surface area (Å²) in [6.07, 6.45) is 11.4. The molecule has 0 aromatic heterocycles. The molecule has 0 N–H and O–H groups in total. The van der Waals surface area contributed by atoms with Crippen molar-refractivity contribution in [3.8, 4) is 0 Å². The quantitative estimate of drug-likeness (QED) is 0.716. The van der Waals surface area contributed by atoms with E-state index in [0.717, 1.165) is 25.7 Å². The summed E-state index contributed by atoms with van der Waals surface area (Å²) in [6.45, 7) is 0.495. The molecule has 0 unspecified atom stereocenters. The molecular weight excluding hydrogens is 216 g/mol. The summed E-state index contributed by atoms with van der Waals surface area (Å²) in [5.41, 5.74) is 0. The van der Waals surface area contributed by atoms with Gasteiger partial charge in [0.2, 0.25) is 0 Å². The molecular formula is C14H24O3. The van der Waals surface area contributed by atoms with E-state index in [9.17, 15) is 4.79 Å². The van der Waals surface area contributed by atoms with Crippen molar-refractivity contribution in [2.24, 2.45) is 0 Å². The zero-order valence-corrected chi connectivity index (χ0v) is 10.7. The first-order chi connectivity index (χ1) is 8.34. The van der Waals surface area contributed by atoms with Gasteiger partial charge in [-0.3, -0.25) is 4.79 Å². The van der Waals surface area contributed by atoms with E-state index in [0.29, 0.717) is 12.2 Å². The Bertz CT molecular complexity index is 228. The van der Waals surface area contributed by atoms with Crippen molar-refractivity contribution in [2.75, 3.05) is 13.2 Å². The molecule has 0 saturated heterocycles. The van der Waals surface area contributed by atoms with Gasteiger partial charge in [0, 0.05) is 0 Å². The van der Waals surface area contributed by atoms with E-state index < -0.39 is 0 Å². The molecule has 0 atom stereocenters. The molecule has 0 bridgehead atoms. The van der Waals surface area contributed by atoms with Gasteiger partial charge in [0.15, 0.2) is 5.78 Å². The molecule has 2 fully saturated rings. The molecule has 0 aromatic carbocycles. The SMILES string of the molecule is O=C(COC1CCCCC1)COC1CCCC1. The molecule has 2 aliphatic rings. The summed E-state index contributed by atoms with van der Waals surface area (Å²) in [6, 6.07) is 0. The fourth-order valence-electron chi connectivity index (χ4n) is 2.75. The molecule has 0 radical (unpaired) electrons. The third kappa shape index (κ3) is 4.76. The lowest BCUT2D eigenvalue weighted by molar-refractivity contribution is -0.132. The molecule has 3 heteroatoms. The molecule has 2 aliphatic carbocycles. The summed E-state index contributed by atoms with van der Waals surface area (Å²) in [5.74, 6) is 0.0995. The topological polar surface area (TPSA) is 35.5 Å². The maximum atomic E-state index is 11.6. The lowest BCUT2D eigenvalue weighted by Crippen LogP contribution is -2.24. The van der Waals surface area contributed by atoms with Crippen LogP contribution in [0.3, 0.4) is 0 Å². The monoisotopic (exact) mass is 240 g/mol. The molecule has 3 nitrogen and oxygen atoms in total. The Hall–Kier alpha value is -0.410. The van der Waals surface area contributed by atoms with E-state index in [1.54, 1.807) is 0 Å². The van der Waals surface area contributed by atoms with E-state index in [2.05, 4.69) is 0 Å². The van der Waals surface area contributed by atoms with Gasteiger partial charge in [-0.1, -0.05) is 32.1 Å². The Kier molecular flexibility index (Phi) is 5.46. The van der Waals surface area contributed by atoms with Gasteiger partial charge in [-0.2, -0.15) is 0 Å². The van der Waals surface area contributed by atoms with E-state index in [1.807, 2.05) is 0 Å². The van der Waals surface area contributed by atoms with Gasteiger partial charge in [0.05, 0.1) is 12.2 Å². The number of ketones is 1. The molecule has 2 saturated carbocycles. The Balaban J connectivity index is 1.53. The summed E-state index contributed by atoms with van der Waals surface area (Å²) >= 11 is 0. The zero-order chi connectivity index (χ0) is 11.9. The molecule has 17 heavy (non-hydrogen) atoms. The highest BCUT2D eigenvalue weighted by atomic mass is 16.5. The summed E-state index contributed by atoms with van der Waals surface area (Å²) < 4.78 is 11.2. The standard InChI is InChI=1S/C14H24O3/c15-12(11-17-14-8-4-5-9-14)10-16-13-6-2-1-3-7-13/h13-14H,1-11H2. The van der Waals surface area contributed by atoms with Gasteiger partial charge < -0.3 is 9.47 Å². The second-order valence-electron chi connectivity index (χ2n) is 5.33.